The monoisotopic (exact) mass is 426 g/mol. The van der Waals surface area contributed by atoms with Gasteiger partial charge in [0.25, 0.3) is 5.91 Å². The average molecular weight is 427 g/mol. The molecular weight excluding hydrogens is 411 g/mol. The van der Waals surface area contributed by atoms with Gasteiger partial charge in [0, 0.05) is 11.4 Å². The van der Waals surface area contributed by atoms with E-state index >= 15 is 0 Å². The van der Waals surface area contributed by atoms with Crippen molar-refractivity contribution in [3.8, 4) is 0 Å². The van der Waals surface area contributed by atoms with Gasteiger partial charge in [-0.3, -0.25) is 14.5 Å². The van der Waals surface area contributed by atoms with Crippen molar-refractivity contribution in [1.82, 2.24) is 0 Å². The van der Waals surface area contributed by atoms with E-state index in [0.29, 0.717) is 27.7 Å². The molecule has 0 spiro atoms. The highest BCUT2D eigenvalue weighted by atomic mass is 35.5. The molecule has 146 valence electrons. The van der Waals surface area contributed by atoms with E-state index in [-0.39, 0.29) is 23.0 Å². The van der Waals surface area contributed by atoms with E-state index in [4.69, 9.17) is 11.6 Å². The van der Waals surface area contributed by atoms with E-state index in [2.05, 4.69) is 5.32 Å². The van der Waals surface area contributed by atoms with Crippen molar-refractivity contribution in [2.45, 2.75) is 5.37 Å². The van der Waals surface area contributed by atoms with Crippen molar-refractivity contribution in [2.75, 3.05) is 16.0 Å². The number of rotatable bonds is 4. The van der Waals surface area contributed by atoms with Crippen LogP contribution in [-0.4, -0.2) is 17.6 Å². The molecule has 1 aliphatic heterocycles. The van der Waals surface area contributed by atoms with Crippen molar-refractivity contribution in [2.24, 2.45) is 0 Å². The Hall–Kier alpha value is -2.83. The van der Waals surface area contributed by atoms with Crippen LogP contribution >= 0.6 is 23.4 Å². The molecule has 0 aliphatic carbocycles. The van der Waals surface area contributed by atoms with Gasteiger partial charge in [0.05, 0.1) is 16.3 Å². The highest BCUT2D eigenvalue weighted by molar-refractivity contribution is 8.00. The maximum absolute atomic E-state index is 13.6. The van der Waals surface area contributed by atoms with Crippen LogP contribution in [0.1, 0.15) is 21.3 Å². The van der Waals surface area contributed by atoms with Crippen molar-refractivity contribution in [3.05, 3.63) is 94.8 Å². The van der Waals surface area contributed by atoms with Crippen LogP contribution in [0.15, 0.2) is 72.8 Å². The Morgan fingerprint density at radius 2 is 1.83 bits per heavy atom. The zero-order valence-corrected chi connectivity index (χ0v) is 16.7. The average Bonchev–Trinajstić information content (AvgIpc) is 3.10. The lowest BCUT2D eigenvalue weighted by atomic mass is 10.1. The first-order chi connectivity index (χ1) is 14.0. The van der Waals surface area contributed by atoms with Crippen LogP contribution in [0.3, 0.4) is 0 Å². The van der Waals surface area contributed by atoms with Crippen LogP contribution in [0.2, 0.25) is 5.02 Å². The Labute approximate surface area is 176 Å². The second-order valence-corrected chi connectivity index (χ2v) is 7.94. The van der Waals surface area contributed by atoms with E-state index in [0.717, 1.165) is 5.56 Å². The van der Waals surface area contributed by atoms with Gasteiger partial charge in [-0.15, -0.1) is 11.8 Å². The largest absolute Gasteiger partial charge is 0.322 e. The van der Waals surface area contributed by atoms with Crippen molar-refractivity contribution in [1.29, 1.82) is 0 Å². The Morgan fingerprint density at radius 1 is 1.07 bits per heavy atom. The molecule has 0 aromatic heterocycles. The summed E-state index contributed by atoms with van der Waals surface area (Å²) in [4.78, 5) is 26.4. The smallest absolute Gasteiger partial charge is 0.257 e. The molecule has 3 aromatic carbocycles. The Kier molecular flexibility index (Phi) is 5.56. The summed E-state index contributed by atoms with van der Waals surface area (Å²) in [7, 11) is 0. The maximum Gasteiger partial charge on any atom is 0.257 e. The molecular formula is C22H16ClFN2O2S. The second kappa shape index (κ2) is 8.27. The number of hydrogen-bond donors (Lipinski definition) is 1. The molecule has 0 saturated carbocycles. The van der Waals surface area contributed by atoms with Crippen molar-refractivity contribution in [3.63, 3.8) is 0 Å². The van der Waals surface area contributed by atoms with Crippen molar-refractivity contribution < 1.29 is 14.0 Å². The predicted octanol–water partition coefficient (Wildman–Crippen LogP) is 5.51. The summed E-state index contributed by atoms with van der Waals surface area (Å²) in [6.45, 7) is 0. The number of amides is 2. The lowest BCUT2D eigenvalue weighted by Gasteiger charge is -2.24. The van der Waals surface area contributed by atoms with Gasteiger partial charge in [-0.2, -0.15) is 0 Å². The molecule has 3 aromatic rings. The fraction of sp³-hybridized carbons (Fsp3) is 0.0909. The maximum atomic E-state index is 13.6. The number of carbonyl (C=O) groups is 2. The minimum absolute atomic E-state index is 0.0679. The van der Waals surface area contributed by atoms with Gasteiger partial charge in [-0.05, 0) is 48.0 Å². The third-order valence-corrected chi connectivity index (χ3v) is 6.07. The standard InChI is InChI=1S/C22H16ClFN2O2S/c23-19-7-2-1-6-18(19)21(28)25-16-10-8-14(9-11-16)22-26(20(27)13-29-22)17-5-3-4-15(24)12-17/h1-12,22H,13H2,(H,25,28)/t22-/m0/s1. The van der Waals surface area contributed by atoms with Crippen LogP contribution in [0, 0.1) is 5.82 Å². The van der Waals surface area contributed by atoms with Crippen molar-refractivity contribution >= 4 is 46.6 Å². The number of halogens is 2. The molecule has 2 amide bonds. The van der Waals surface area contributed by atoms with Crippen LogP contribution in [-0.2, 0) is 4.79 Å². The summed E-state index contributed by atoms with van der Waals surface area (Å²) < 4.78 is 13.6. The van der Waals surface area contributed by atoms with Gasteiger partial charge in [0.2, 0.25) is 5.91 Å². The first-order valence-electron chi connectivity index (χ1n) is 8.88. The van der Waals surface area contributed by atoms with Gasteiger partial charge in [0.1, 0.15) is 11.2 Å². The molecule has 4 nitrogen and oxygen atoms in total. The Balaban J connectivity index is 1.53. The molecule has 1 N–H and O–H groups in total. The highest BCUT2D eigenvalue weighted by Gasteiger charge is 2.34. The Bertz CT molecular complexity index is 1070. The molecule has 1 fully saturated rings. The molecule has 7 heteroatoms. The number of carbonyl (C=O) groups excluding carboxylic acids is 2. The summed E-state index contributed by atoms with van der Waals surface area (Å²) in [5.74, 6) is -0.424. The number of nitrogens with one attached hydrogen (secondary N) is 1. The molecule has 0 radical (unpaired) electrons. The topological polar surface area (TPSA) is 49.4 Å². The molecule has 0 unspecified atom stereocenters. The van der Waals surface area contributed by atoms with Gasteiger partial charge in [0.15, 0.2) is 0 Å². The summed E-state index contributed by atoms with van der Waals surface area (Å²) >= 11 is 7.55. The molecule has 1 atom stereocenters. The molecule has 1 heterocycles. The highest BCUT2D eigenvalue weighted by Crippen LogP contribution is 2.42. The predicted molar refractivity (Wildman–Crippen MR) is 115 cm³/mol. The van der Waals surface area contributed by atoms with Gasteiger partial charge in [-0.25, -0.2) is 4.39 Å². The van der Waals surface area contributed by atoms with Crippen LogP contribution in [0.25, 0.3) is 0 Å². The van der Waals surface area contributed by atoms with E-state index < -0.39 is 0 Å². The lowest BCUT2D eigenvalue weighted by molar-refractivity contribution is -0.115. The lowest BCUT2D eigenvalue weighted by Crippen LogP contribution is -2.27. The Morgan fingerprint density at radius 3 is 2.55 bits per heavy atom. The molecule has 0 bridgehead atoms. The first kappa shape index (κ1) is 19.5. The second-order valence-electron chi connectivity index (χ2n) is 6.46. The summed E-state index contributed by atoms with van der Waals surface area (Å²) in [5.41, 5.74) is 2.43. The van der Waals surface area contributed by atoms with E-state index in [1.165, 1.54) is 23.9 Å². The fourth-order valence-corrected chi connectivity index (χ4v) is 4.55. The normalized spacial score (nSPS) is 16.1. The SMILES string of the molecule is O=C(Nc1ccc([C@@H]2SCC(=O)N2c2cccc(F)c2)cc1)c1ccccc1Cl. The first-order valence-corrected chi connectivity index (χ1v) is 10.3. The minimum atomic E-state index is -0.386. The zero-order valence-electron chi connectivity index (χ0n) is 15.1. The number of anilines is 2. The number of thioether (sulfide) groups is 1. The van der Waals surface area contributed by atoms with Gasteiger partial charge in [-0.1, -0.05) is 41.9 Å². The van der Waals surface area contributed by atoms with E-state index in [9.17, 15) is 14.0 Å². The minimum Gasteiger partial charge on any atom is -0.322 e. The quantitative estimate of drug-likeness (QED) is 0.598. The fourth-order valence-electron chi connectivity index (χ4n) is 3.15. The number of nitrogens with zero attached hydrogens (tertiary/aromatic N) is 1. The molecule has 4 rings (SSSR count). The number of hydrogen-bond acceptors (Lipinski definition) is 3. The summed E-state index contributed by atoms with van der Waals surface area (Å²) in [6, 6.07) is 20.1. The third-order valence-electron chi connectivity index (χ3n) is 4.53. The summed E-state index contributed by atoms with van der Waals surface area (Å²) in [6.07, 6.45) is 0. The van der Waals surface area contributed by atoms with Crippen LogP contribution in [0.5, 0.6) is 0 Å². The van der Waals surface area contributed by atoms with Crippen LogP contribution in [0.4, 0.5) is 15.8 Å². The molecule has 29 heavy (non-hydrogen) atoms. The van der Waals surface area contributed by atoms with Gasteiger partial charge >= 0.3 is 0 Å². The van der Waals surface area contributed by atoms with Crippen LogP contribution < -0.4 is 10.2 Å². The number of benzene rings is 3. The third kappa shape index (κ3) is 4.13. The molecule has 1 saturated heterocycles. The summed E-state index contributed by atoms with van der Waals surface area (Å²) in [5, 5.41) is 2.95. The molecule has 1 aliphatic rings. The van der Waals surface area contributed by atoms with E-state index in [1.807, 2.05) is 12.1 Å². The van der Waals surface area contributed by atoms with Gasteiger partial charge < -0.3 is 5.32 Å². The van der Waals surface area contributed by atoms with E-state index in [1.54, 1.807) is 53.4 Å². The zero-order chi connectivity index (χ0) is 20.4.